The summed E-state index contributed by atoms with van der Waals surface area (Å²) >= 11 is 0. The number of rotatable bonds is 3. The van der Waals surface area contributed by atoms with Crippen LogP contribution in [0.3, 0.4) is 0 Å². The molecule has 3 heterocycles. The molecule has 26 heavy (non-hydrogen) atoms. The third-order valence-electron chi connectivity index (χ3n) is 5.29. The summed E-state index contributed by atoms with van der Waals surface area (Å²) in [6, 6.07) is 9.42. The predicted molar refractivity (Wildman–Crippen MR) is 97.6 cm³/mol. The number of hydrogen-bond donors (Lipinski definition) is 0. The molecule has 0 bridgehead atoms. The van der Waals surface area contributed by atoms with E-state index >= 15 is 0 Å². The van der Waals surface area contributed by atoms with Crippen LogP contribution in [-0.4, -0.2) is 60.8 Å². The fourth-order valence-corrected chi connectivity index (χ4v) is 6.08. The summed E-state index contributed by atoms with van der Waals surface area (Å²) < 4.78 is 29.7. The van der Waals surface area contributed by atoms with Crippen molar-refractivity contribution < 1.29 is 17.6 Å². The summed E-state index contributed by atoms with van der Waals surface area (Å²) in [6.07, 6.45) is 2.88. The molecule has 1 aromatic heterocycles. The van der Waals surface area contributed by atoms with Crippen molar-refractivity contribution >= 4 is 15.7 Å². The molecule has 0 spiro atoms. The Morgan fingerprint density at radius 3 is 2.73 bits per heavy atom. The Kier molecular flexibility index (Phi) is 4.36. The highest BCUT2D eigenvalue weighted by molar-refractivity contribution is 7.91. The second-order valence-electron chi connectivity index (χ2n) is 7.18. The van der Waals surface area contributed by atoms with Gasteiger partial charge in [0.1, 0.15) is 6.26 Å². The largest absolute Gasteiger partial charge is 0.472 e. The molecule has 1 amide bonds. The van der Waals surface area contributed by atoms with Gasteiger partial charge in [0.15, 0.2) is 9.84 Å². The first-order valence-corrected chi connectivity index (χ1v) is 10.6. The normalized spacial score (nSPS) is 25.2. The number of carbonyl (C=O) groups excluding carboxylic acids is 1. The van der Waals surface area contributed by atoms with Crippen LogP contribution in [0.25, 0.3) is 0 Å². The monoisotopic (exact) mass is 374 g/mol. The van der Waals surface area contributed by atoms with Gasteiger partial charge in [-0.1, -0.05) is 29.8 Å². The quantitative estimate of drug-likeness (QED) is 0.818. The van der Waals surface area contributed by atoms with Crippen molar-refractivity contribution in [1.29, 1.82) is 0 Å². The van der Waals surface area contributed by atoms with E-state index in [1.165, 1.54) is 23.7 Å². The van der Waals surface area contributed by atoms with Crippen LogP contribution in [0.4, 0.5) is 0 Å². The number of furan rings is 1. The van der Waals surface area contributed by atoms with Crippen LogP contribution in [0, 0.1) is 6.92 Å². The zero-order valence-corrected chi connectivity index (χ0v) is 15.5. The van der Waals surface area contributed by atoms with Gasteiger partial charge in [0.2, 0.25) is 0 Å². The SMILES string of the molecule is Cc1cccc(CN2CCN(C(=O)c3ccoc3)[C@H]3CS(=O)(=O)C[C@H]32)c1. The van der Waals surface area contributed by atoms with Gasteiger partial charge in [-0.25, -0.2) is 8.42 Å². The fourth-order valence-electron chi connectivity index (χ4n) is 4.07. The van der Waals surface area contributed by atoms with Crippen LogP contribution in [-0.2, 0) is 16.4 Å². The summed E-state index contributed by atoms with van der Waals surface area (Å²) in [5.41, 5.74) is 2.83. The molecule has 0 N–H and O–H groups in total. The summed E-state index contributed by atoms with van der Waals surface area (Å²) in [7, 11) is -3.16. The number of hydrogen-bond acceptors (Lipinski definition) is 5. The Bertz CT molecular complexity index is 907. The van der Waals surface area contributed by atoms with Crippen molar-refractivity contribution in [3.8, 4) is 0 Å². The van der Waals surface area contributed by atoms with Crippen LogP contribution < -0.4 is 0 Å². The molecule has 4 rings (SSSR count). The summed E-state index contributed by atoms with van der Waals surface area (Å²) in [5, 5.41) is 0. The Hall–Kier alpha value is -2.12. The van der Waals surface area contributed by atoms with Gasteiger partial charge in [0.25, 0.3) is 5.91 Å². The van der Waals surface area contributed by atoms with Gasteiger partial charge < -0.3 is 9.32 Å². The third-order valence-corrected chi connectivity index (χ3v) is 6.99. The smallest absolute Gasteiger partial charge is 0.257 e. The number of piperazine rings is 1. The van der Waals surface area contributed by atoms with E-state index in [1.807, 2.05) is 19.1 Å². The second-order valence-corrected chi connectivity index (χ2v) is 9.34. The van der Waals surface area contributed by atoms with E-state index in [2.05, 4.69) is 17.0 Å². The van der Waals surface area contributed by atoms with E-state index < -0.39 is 9.84 Å². The Labute approximate surface area is 153 Å². The minimum atomic E-state index is -3.16. The first kappa shape index (κ1) is 17.3. The molecule has 0 saturated carbocycles. The van der Waals surface area contributed by atoms with Crippen molar-refractivity contribution in [2.45, 2.75) is 25.6 Å². The third kappa shape index (κ3) is 3.29. The lowest BCUT2D eigenvalue weighted by Crippen LogP contribution is -2.60. The highest BCUT2D eigenvalue weighted by Crippen LogP contribution is 2.29. The van der Waals surface area contributed by atoms with Gasteiger partial charge in [-0.05, 0) is 18.6 Å². The minimum absolute atomic E-state index is 0.0333. The van der Waals surface area contributed by atoms with Crippen molar-refractivity contribution in [2.24, 2.45) is 0 Å². The topological polar surface area (TPSA) is 70.8 Å². The first-order valence-electron chi connectivity index (χ1n) is 8.76. The summed E-state index contributed by atoms with van der Waals surface area (Å²) in [6.45, 7) is 3.93. The number of amides is 1. The van der Waals surface area contributed by atoms with Crippen LogP contribution in [0.2, 0.25) is 0 Å². The number of benzene rings is 1. The maximum Gasteiger partial charge on any atom is 0.257 e. The van der Waals surface area contributed by atoms with E-state index in [4.69, 9.17) is 4.42 Å². The number of carbonyl (C=O) groups is 1. The molecule has 6 nitrogen and oxygen atoms in total. The molecular formula is C19H22N2O4S. The molecule has 0 aliphatic carbocycles. The average Bonchev–Trinajstić information content (AvgIpc) is 3.21. The van der Waals surface area contributed by atoms with Crippen molar-refractivity contribution in [2.75, 3.05) is 24.6 Å². The molecule has 0 radical (unpaired) electrons. The second kappa shape index (κ2) is 6.55. The molecule has 0 unspecified atom stereocenters. The highest BCUT2D eigenvalue weighted by atomic mass is 32.2. The predicted octanol–water partition coefficient (Wildman–Crippen LogP) is 1.71. The van der Waals surface area contributed by atoms with E-state index in [1.54, 1.807) is 11.0 Å². The fraction of sp³-hybridized carbons (Fsp3) is 0.421. The molecule has 2 fully saturated rings. The van der Waals surface area contributed by atoms with E-state index in [-0.39, 0.29) is 29.5 Å². The summed E-state index contributed by atoms with van der Waals surface area (Å²) in [5.74, 6) is -0.00872. The molecule has 2 aliphatic heterocycles. The number of aryl methyl sites for hydroxylation is 1. The Balaban J connectivity index is 1.58. The van der Waals surface area contributed by atoms with Crippen LogP contribution >= 0.6 is 0 Å². The van der Waals surface area contributed by atoms with Gasteiger partial charge >= 0.3 is 0 Å². The Morgan fingerprint density at radius 2 is 2.00 bits per heavy atom. The molecule has 1 aromatic carbocycles. The molecule has 2 saturated heterocycles. The molecule has 2 aromatic rings. The number of fused-ring (bicyclic) bond motifs is 1. The van der Waals surface area contributed by atoms with Gasteiger partial charge in [-0.15, -0.1) is 0 Å². The van der Waals surface area contributed by atoms with Crippen molar-refractivity contribution in [3.05, 3.63) is 59.5 Å². The molecule has 138 valence electrons. The van der Waals surface area contributed by atoms with Crippen LogP contribution in [0.1, 0.15) is 21.5 Å². The lowest BCUT2D eigenvalue weighted by Gasteiger charge is -2.43. The van der Waals surface area contributed by atoms with E-state index in [9.17, 15) is 13.2 Å². The average molecular weight is 374 g/mol. The Morgan fingerprint density at radius 1 is 1.19 bits per heavy atom. The van der Waals surface area contributed by atoms with Crippen molar-refractivity contribution in [1.82, 2.24) is 9.80 Å². The van der Waals surface area contributed by atoms with Crippen molar-refractivity contribution in [3.63, 3.8) is 0 Å². The molecular weight excluding hydrogens is 352 g/mol. The van der Waals surface area contributed by atoms with Crippen LogP contribution in [0.15, 0.2) is 47.3 Å². The lowest BCUT2D eigenvalue weighted by atomic mass is 10.0. The summed E-state index contributed by atoms with van der Waals surface area (Å²) in [4.78, 5) is 16.7. The highest BCUT2D eigenvalue weighted by Gasteiger charge is 2.48. The maximum atomic E-state index is 12.8. The van der Waals surface area contributed by atoms with E-state index in [0.29, 0.717) is 25.2 Å². The molecule has 2 atom stereocenters. The number of sulfone groups is 1. The zero-order valence-electron chi connectivity index (χ0n) is 14.7. The van der Waals surface area contributed by atoms with E-state index in [0.717, 1.165) is 0 Å². The van der Waals surface area contributed by atoms with Gasteiger partial charge in [-0.3, -0.25) is 9.69 Å². The van der Waals surface area contributed by atoms with Gasteiger partial charge in [0, 0.05) is 25.7 Å². The van der Waals surface area contributed by atoms with Gasteiger partial charge in [-0.2, -0.15) is 0 Å². The standard InChI is InChI=1S/C19H22N2O4S/c1-14-3-2-4-15(9-14)10-20-6-7-21(19(22)16-5-8-25-11-16)18-13-26(23,24)12-17(18)20/h2-5,8-9,11,17-18H,6-7,10,12-13H2,1H3/t17-,18+/m1/s1. The molecule has 7 heteroatoms. The zero-order chi connectivity index (χ0) is 18.3. The maximum absolute atomic E-state index is 12.8. The molecule has 2 aliphatic rings. The number of nitrogens with zero attached hydrogens (tertiary/aromatic N) is 2. The lowest BCUT2D eigenvalue weighted by molar-refractivity contribution is 0.0305. The first-order chi connectivity index (χ1) is 12.4. The van der Waals surface area contributed by atoms with Crippen LogP contribution in [0.5, 0.6) is 0 Å². The minimum Gasteiger partial charge on any atom is -0.472 e. The van der Waals surface area contributed by atoms with Gasteiger partial charge in [0.05, 0.1) is 29.4 Å².